The Kier molecular flexibility index (Phi) is 4.13. The van der Waals surface area contributed by atoms with E-state index in [0.29, 0.717) is 13.1 Å². The smallest absolute Gasteiger partial charge is 0.236 e. The van der Waals surface area contributed by atoms with Gasteiger partial charge >= 0.3 is 0 Å². The second kappa shape index (κ2) is 6.84. The minimum Gasteiger partial charge on any atom is -0.285 e. The molecule has 30 heavy (non-hydrogen) atoms. The molecule has 1 aliphatic carbocycles. The number of carbonyl (C=O) groups is 2. The van der Waals surface area contributed by atoms with Crippen LogP contribution < -0.4 is 0 Å². The van der Waals surface area contributed by atoms with Crippen molar-refractivity contribution in [1.29, 1.82) is 0 Å². The van der Waals surface area contributed by atoms with E-state index < -0.39 is 0 Å². The van der Waals surface area contributed by atoms with Crippen LogP contribution in [0.15, 0.2) is 48.5 Å². The molecule has 0 aliphatic heterocycles. The topological polar surface area (TPSA) is 95.6 Å². The summed E-state index contributed by atoms with van der Waals surface area (Å²) in [4.78, 5) is 26.3. The standard InChI is InChI=1S/C22H18N6O2/c1-13-7-3-5-9-15(13)11-27-19-17(23-25-27)22(30)20-18(21(19)29)24-26-28(20)12-16-10-6-4-8-14(16)2/h3-10H,11-12H2,1-2H3. The molecule has 0 radical (unpaired) electrons. The zero-order chi connectivity index (χ0) is 20.8. The molecule has 0 saturated heterocycles. The van der Waals surface area contributed by atoms with Gasteiger partial charge in [0.05, 0.1) is 13.1 Å². The molecule has 8 nitrogen and oxygen atoms in total. The van der Waals surface area contributed by atoms with Crippen molar-refractivity contribution < 1.29 is 9.59 Å². The van der Waals surface area contributed by atoms with Gasteiger partial charge in [-0.3, -0.25) is 9.59 Å². The first-order chi connectivity index (χ1) is 14.5. The van der Waals surface area contributed by atoms with Gasteiger partial charge in [-0.15, -0.1) is 10.2 Å². The lowest BCUT2D eigenvalue weighted by Crippen LogP contribution is -2.26. The Hall–Kier alpha value is -3.94. The Labute approximate surface area is 172 Å². The minimum absolute atomic E-state index is 0.0504. The summed E-state index contributed by atoms with van der Waals surface area (Å²) in [6, 6.07) is 15.6. The average molecular weight is 398 g/mol. The van der Waals surface area contributed by atoms with E-state index >= 15 is 0 Å². The zero-order valence-corrected chi connectivity index (χ0v) is 16.5. The van der Waals surface area contributed by atoms with Crippen molar-refractivity contribution in [2.45, 2.75) is 26.9 Å². The van der Waals surface area contributed by atoms with Crippen molar-refractivity contribution >= 4 is 11.6 Å². The van der Waals surface area contributed by atoms with Gasteiger partial charge in [-0.2, -0.15) is 0 Å². The highest BCUT2D eigenvalue weighted by Gasteiger charge is 2.39. The molecule has 0 saturated carbocycles. The molecule has 8 heteroatoms. The van der Waals surface area contributed by atoms with Gasteiger partial charge in [-0.25, -0.2) is 9.36 Å². The van der Waals surface area contributed by atoms with Crippen LogP contribution in [0.5, 0.6) is 0 Å². The third-order valence-electron chi connectivity index (χ3n) is 5.49. The van der Waals surface area contributed by atoms with Crippen molar-refractivity contribution in [2.24, 2.45) is 0 Å². The Balaban J connectivity index is 1.53. The molecule has 4 aromatic rings. The van der Waals surface area contributed by atoms with Gasteiger partial charge < -0.3 is 0 Å². The van der Waals surface area contributed by atoms with Crippen molar-refractivity contribution in [1.82, 2.24) is 30.0 Å². The summed E-state index contributed by atoms with van der Waals surface area (Å²) in [7, 11) is 0. The number of benzene rings is 2. The average Bonchev–Trinajstić information content (AvgIpc) is 3.35. The van der Waals surface area contributed by atoms with Crippen LogP contribution >= 0.6 is 0 Å². The van der Waals surface area contributed by atoms with Crippen LogP contribution in [0.25, 0.3) is 0 Å². The molecular weight excluding hydrogens is 380 g/mol. The van der Waals surface area contributed by atoms with Crippen LogP contribution in [0.3, 0.4) is 0 Å². The van der Waals surface area contributed by atoms with Crippen molar-refractivity contribution in [3.63, 3.8) is 0 Å². The molecule has 0 spiro atoms. The lowest BCUT2D eigenvalue weighted by molar-refractivity contribution is 0.0963. The first-order valence-corrected chi connectivity index (χ1v) is 9.60. The Morgan fingerprint density at radius 1 is 0.667 bits per heavy atom. The Bertz CT molecular complexity index is 1220. The van der Waals surface area contributed by atoms with Gasteiger partial charge in [-0.05, 0) is 36.1 Å². The van der Waals surface area contributed by atoms with E-state index in [2.05, 4.69) is 20.6 Å². The van der Waals surface area contributed by atoms with Crippen LogP contribution in [0.4, 0.5) is 0 Å². The molecule has 0 fully saturated rings. The van der Waals surface area contributed by atoms with E-state index in [1.807, 2.05) is 62.4 Å². The summed E-state index contributed by atoms with van der Waals surface area (Å²) in [5.74, 6) is -0.761. The summed E-state index contributed by atoms with van der Waals surface area (Å²) in [6.45, 7) is 4.67. The second-order valence-electron chi connectivity index (χ2n) is 7.40. The molecule has 2 aromatic carbocycles. The Morgan fingerprint density at radius 2 is 1.07 bits per heavy atom. The maximum atomic E-state index is 13.2. The van der Waals surface area contributed by atoms with E-state index in [1.165, 1.54) is 9.36 Å². The summed E-state index contributed by atoms with van der Waals surface area (Å²) < 4.78 is 2.95. The van der Waals surface area contributed by atoms with Crippen LogP contribution in [0.1, 0.15) is 54.6 Å². The van der Waals surface area contributed by atoms with Crippen LogP contribution in [0, 0.1) is 13.8 Å². The van der Waals surface area contributed by atoms with Gasteiger partial charge in [0.1, 0.15) is 11.4 Å². The molecule has 0 bridgehead atoms. The molecule has 1 aliphatic rings. The second-order valence-corrected chi connectivity index (χ2v) is 7.40. The number of ketones is 2. The number of fused-ring (bicyclic) bond motifs is 2. The van der Waals surface area contributed by atoms with E-state index in [4.69, 9.17) is 0 Å². The lowest BCUT2D eigenvalue weighted by Gasteiger charge is -2.13. The first-order valence-electron chi connectivity index (χ1n) is 9.60. The van der Waals surface area contributed by atoms with Crippen molar-refractivity contribution in [3.05, 3.63) is 93.6 Å². The summed E-state index contributed by atoms with van der Waals surface area (Å²) in [5, 5.41) is 16.2. The summed E-state index contributed by atoms with van der Waals surface area (Å²) in [5.41, 5.74) is 4.57. The SMILES string of the molecule is Cc1ccccc1Cn1nnc2c1C(=O)c1nnn(Cc3ccccc3C)c1C2=O. The molecule has 0 amide bonds. The molecule has 148 valence electrons. The van der Waals surface area contributed by atoms with E-state index in [0.717, 1.165) is 22.3 Å². The third-order valence-corrected chi connectivity index (χ3v) is 5.49. The zero-order valence-electron chi connectivity index (χ0n) is 16.5. The van der Waals surface area contributed by atoms with E-state index in [9.17, 15) is 9.59 Å². The Morgan fingerprint density at radius 3 is 1.47 bits per heavy atom. The molecule has 0 atom stereocenters. The molecule has 5 rings (SSSR count). The van der Waals surface area contributed by atoms with Gasteiger partial charge in [-0.1, -0.05) is 59.0 Å². The van der Waals surface area contributed by atoms with E-state index in [-0.39, 0.29) is 34.3 Å². The molecule has 0 N–H and O–H groups in total. The molecular formula is C22H18N6O2. The quantitative estimate of drug-likeness (QED) is 0.461. The van der Waals surface area contributed by atoms with Crippen LogP contribution in [-0.2, 0) is 13.1 Å². The maximum Gasteiger partial charge on any atom is 0.236 e. The third kappa shape index (κ3) is 2.76. The predicted octanol–water partition coefficient (Wildman–Crippen LogP) is 2.36. The number of hydrogen-bond donors (Lipinski definition) is 0. The normalized spacial score (nSPS) is 12.7. The van der Waals surface area contributed by atoms with Gasteiger partial charge in [0.2, 0.25) is 11.6 Å². The number of nitrogens with zero attached hydrogens (tertiary/aromatic N) is 6. The first kappa shape index (κ1) is 18.1. The fourth-order valence-corrected chi connectivity index (χ4v) is 3.72. The lowest BCUT2D eigenvalue weighted by atomic mass is 9.98. The number of aromatic nitrogens is 6. The highest BCUT2D eigenvalue weighted by molar-refractivity contribution is 6.25. The highest BCUT2D eigenvalue weighted by atomic mass is 16.1. The van der Waals surface area contributed by atoms with Gasteiger partial charge in [0.15, 0.2) is 11.4 Å². The summed E-state index contributed by atoms with van der Waals surface area (Å²) in [6.07, 6.45) is 0. The highest BCUT2D eigenvalue weighted by Crippen LogP contribution is 2.26. The fourth-order valence-electron chi connectivity index (χ4n) is 3.72. The monoisotopic (exact) mass is 398 g/mol. The van der Waals surface area contributed by atoms with E-state index in [1.54, 1.807) is 0 Å². The number of carbonyl (C=O) groups excluding carboxylic acids is 2. The molecule has 0 unspecified atom stereocenters. The van der Waals surface area contributed by atoms with Crippen molar-refractivity contribution in [2.75, 3.05) is 0 Å². The van der Waals surface area contributed by atoms with Crippen LogP contribution in [0.2, 0.25) is 0 Å². The predicted molar refractivity (Wildman–Crippen MR) is 107 cm³/mol. The number of hydrogen-bond acceptors (Lipinski definition) is 6. The number of rotatable bonds is 4. The molecule has 2 aromatic heterocycles. The molecule has 2 heterocycles. The van der Waals surface area contributed by atoms with Crippen LogP contribution in [-0.4, -0.2) is 41.6 Å². The van der Waals surface area contributed by atoms with Crippen molar-refractivity contribution in [3.8, 4) is 0 Å². The largest absolute Gasteiger partial charge is 0.285 e. The van der Waals surface area contributed by atoms with Gasteiger partial charge in [0.25, 0.3) is 0 Å². The minimum atomic E-state index is -0.380. The maximum absolute atomic E-state index is 13.2. The summed E-state index contributed by atoms with van der Waals surface area (Å²) >= 11 is 0. The van der Waals surface area contributed by atoms with Gasteiger partial charge in [0, 0.05) is 0 Å². The number of aryl methyl sites for hydroxylation is 2. The fraction of sp³-hybridized carbons (Fsp3) is 0.182.